The maximum Gasteiger partial charge on any atom is 0.433 e. The third-order valence-electron chi connectivity index (χ3n) is 3.09. The molecule has 1 heterocycles. The largest absolute Gasteiger partial charge is 0.481 e. The molecule has 0 atom stereocenters. The summed E-state index contributed by atoms with van der Waals surface area (Å²) in [4.78, 5) is 20.6. The molecule has 1 aliphatic rings. The molecule has 1 fully saturated rings. The zero-order valence-electron chi connectivity index (χ0n) is 8.51. The zero-order valence-corrected chi connectivity index (χ0v) is 8.51. The first kappa shape index (κ1) is 10.7. The zero-order chi connectivity index (χ0) is 11.8. The van der Waals surface area contributed by atoms with E-state index in [2.05, 4.69) is 0 Å². The SMILES string of the molecule is O=C(O)CC1(c2ccc([N+](=O)[O-])o2)CCC1. The van der Waals surface area contributed by atoms with Gasteiger partial charge in [-0.25, -0.2) is 0 Å². The summed E-state index contributed by atoms with van der Waals surface area (Å²) < 4.78 is 5.09. The Morgan fingerprint density at radius 1 is 1.56 bits per heavy atom. The van der Waals surface area contributed by atoms with Crippen molar-refractivity contribution in [3.8, 4) is 0 Å². The molecule has 1 N–H and O–H groups in total. The summed E-state index contributed by atoms with van der Waals surface area (Å²) in [6.45, 7) is 0. The van der Waals surface area contributed by atoms with Gasteiger partial charge in [-0.05, 0) is 18.9 Å². The fraction of sp³-hybridized carbons (Fsp3) is 0.500. The van der Waals surface area contributed by atoms with Crippen LogP contribution in [0.2, 0.25) is 0 Å². The molecule has 16 heavy (non-hydrogen) atoms. The average molecular weight is 225 g/mol. The second kappa shape index (κ2) is 3.62. The highest BCUT2D eigenvalue weighted by Gasteiger charge is 2.44. The molecule has 1 aromatic rings. The molecule has 0 radical (unpaired) electrons. The van der Waals surface area contributed by atoms with Gasteiger partial charge < -0.3 is 9.52 Å². The summed E-state index contributed by atoms with van der Waals surface area (Å²) >= 11 is 0. The molecule has 6 heteroatoms. The maximum atomic E-state index is 10.7. The Hall–Kier alpha value is -1.85. The molecule has 0 bridgehead atoms. The van der Waals surface area contributed by atoms with E-state index < -0.39 is 16.3 Å². The van der Waals surface area contributed by atoms with Crippen LogP contribution in [-0.2, 0) is 10.2 Å². The van der Waals surface area contributed by atoms with Crippen LogP contribution < -0.4 is 0 Å². The molecule has 1 aliphatic carbocycles. The van der Waals surface area contributed by atoms with Gasteiger partial charge in [0.2, 0.25) is 0 Å². The van der Waals surface area contributed by atoms with E-state index in [0.29, 0.717) is 18.6 Å². The fourth-order valence-electron chi connectivity index (χ4n) is 2.11. The van der Waals surface area contributed by atoms with Gasteiger partial charge in [0.15, 0.2) is 0 Å². The van der Waals surface area contributed by atoms with E-state index in [-0.39, 0.29) is 12.3 Å². The lowest BCUT2D eigenvalue weighted by molar-refractivity contribution is -0.402. The van der Waals surface area contributed by atoms with Crippen molar-refractivity contribution < 1.29 is 19.2 Å². The molecule has 1 saturated carbocycles. The van der Waals surface area contributed by atoms with E-state index in [1.54, 1.807) is 0 Å². The van der Waals surface area contributed by atoms with E-state index in [1.807, 2.05) is 0 Å². The summed E-state index contributed by atoms with van der Waals surface area (Å²) in [5, 5.41) is 19.3. The van der Waals surface area contributed by atoms with E-state index in [0.717, 1.165) is 6.42 Å². The smallest absolute Gasteiger partial charge is 0.433 e. The Balaban J connectivity index is 2.26. The van der Waals surface area contributed by atoms with Gasteiger partial charge in [-0.1, -0.05) is 6.42 Å². The molecule has 86 valence electrons. The monoisotopic (exact) mass is 225 g/mol. The minimum absolute atomic E-state index is 0.0301. The van der Waals surface area contributed by atoms with Crippen molar-refractivity contribution in [1.82, 2.24) is 0 Å². The summed E-state index contributed by atoms with van der Waals surface area (Å²) in [5.74, 6) is -0.807. The van der Waals surface area contributed by atoms with Crippen LogP contribution in [0.5, 0.6) is 0 Å². The molecule has 6 nitrogen and oxygen atoms in total. The van der Waals surface area contributed by atoms with Crippen LogP contribution in [0.1, 0.15) is 31.4 Å². The number of nitrogens with zero attached hydrogens (tertiary/aromatic N) is 1. The predicted molar refractivity (Wildman–Crippen MR) is 53.1 cm³/mol. The lowest BCUT2D eigenvalue weighted by atomic mass is 9.65. The van der Waals surface area contributed by atoms with Gasteiger partial charge in [0.1, 0.15) is 10.7 Å². The van der Waals surface area contributed by atoms with Gasteiger partial charge in [-0.2, -0.15) is 0 Å². The minimum Gasteiger partial charge on any atom is -0.481 e. The van der Waals surface area contributed by atoms with Crippen molar-refractivity contribution in [1.29, 1.82) is 0 Å². The van der Waals surface area contributed by atoms with Gasteiger partial charge in [-0.15, -0.1) is 0 Å². The first-order chi connectivity index (χ1) is 7.53. The van der Waals surface area contributed by atoms with Gasteiger partial charge >= 0.3 is 11.9 Å². The number of carboxylic acid groups (broad SMARTS) is 1. The molecular weight excluding hydrogens is 214 g/mol. The van der Waals surface area contributed by atoms with Crippen LogP contribution in [0.25, 0.3) is 0 Å². The number of hydrogen-bond acceptors (Lipinski definition) is 4. The number of carbonyl (C=O) groups is 1. The number of rotatable bonds is 4. The third kappa shape index (κ3) is 1.66. The van der Waals surface area contributed by atoms with Crippen LogP contribution in [-0.4, -0.2) is 16.0 Å². The molecule has 0 saturated heterocycles. The average Bonchev–Trinajstić information content (AvgIpc) is 2.59. The lowest BCUT2D eigenvalue weighted by Gasteiger charge is -2.38. The number of aliphatic carboxylic acids is 1. The highest BCUT2D eigenvalue weighted by atomic mass is 16.6. The molecule has 0 aliphatic heterocycles. The van der Waals surface area contributed by atoms with E-state index >= 15 is 0 Å². The first-order valence-electron chi connectivity index (χ1n) is 5.00. The van der Waals surface area contributed by atoms with E-state index in [1.165, 1.54) is 12.1 Å². The van der Waals surface area contributed by atoms with Crippen molar-refractivity contribution in [3.63, 3.8) is 0 Å². The second-order valence-corrected chi connectivity index (χ2v) is 4.10. The third-order valence-corrected chi connectivity index (χ3v) is 3.09. The van der Waals surface area contributed by atoms with Gasteiger partial charge in [0.05, 0.1) is 12.5 Å². The number of nitro groups is 1. The summed E-state index contributed by atoms with van der Waals surface area (Å²) in [6, 6.07) is 2.79. The predicted octanol–water partition coefficient (Wildman–Crippen LogP) is 2.08. The molecule has 2 rings (SSSR count). The van der Waals surface area contributed by atoms with Gasteiger partial charge in [0, 0.05) is 5.41 Å². The summed E-state index contributed by atoms with van der Waals surface area (Å²) in [7, 11) is 0. The van der Waals surface area contributed by atoms with Crippen molar-refractivity contribution in [3.05, 3.63) is 28.0 Å². The summed E-state index contributed by atoms with van der Waals surface area (Å²) in [6.07, 6.45) is 2.33. The van der Waals surface area contributed by atoms with E-state index in [4.69, 9.17) is 9.52 Å². The van der Waals surface area contributed by atoms with Crippen LogP contribution in [0.4, 0.5) is 5.88 Å². The Morgan fingerprint density at radius 3 is 2.62 bits per heavy atom. The Bertz CT molecular complexity index is 432. The molecule has 0 spiro atoms. The Labute approximate surface area is 91.0 Å². The molecule has 0 unspecified atom stereocenters. The van der Waals surface area contributed by atoms with Crippen LogP contribution >= 0.6 is 0 Å². The topological polar surface area (TPSA) is 93.6 Å². The van der Waals surface area contributed by atoms with Crippen molar-refractivity contribution >= 4 is 11.9 Å². The quantitative estimate of drug-likeness (QED) is 0.625. The van der Waals surface area contributed by atoms with Gasteiger partial charge in [0.25, 0.3) is 0 Å². The molecule has 0 amide bonds. The van der Waals surface area contributed by atoms with Crippen molar-refractivity contribution in [2.24, 2.45) is 0 Å². The normalized spacial score (nSPS) is 17.8. The standard InChI is InChI=1S/C10H11NO5/c12-9(13)6-10(4-1-5-10)7-2-3-8(16-7)11(14)15/h2-3H,1,4-6H2,(H,12,13). The van der Waals surface area contributed by atoms with Crippen molar-refractivity contribution in [2.75, 3.05) is 0 Å². The molecule has 1 aromatic heterocycles. The Morgan fingerprint density at radius 2 is 2.25 bits per heavy atom. The van der Waals surface area contributed by atoms with Gasteiger partial charge in [-0.3, -0.25) is 14.9 Å². The summed E-state index contributed by atoms with van der Waals surface area (Å²) in [5.41, 5.74) is -0.528. The van der Waals surface area contributed by atoms with Crippen molar-refractivity contribution in [2.45, 2.75) is 31.1 Å². The maximum absolute atomic E-state index is 10.7. The molecular formula is C10H11NO5. The van der Waals surface area contributed by atoms with Crippen LogP contribution in [0.15, 0.2) is 16.5 Å². The number of furan rings is 1. The first-order valence-corrected chi connectivity index (χ1v) is 5.00. The highest BCUT2D eigenvalue weighted by Crippen LogP contribution is 2.47. The Kier molecular flexibility index (Phi) is 2.41. The minimum atomic E-state index is -0.904. The number of carboxylic acids is 1. The van der Waals surface area contributed by atoms with Crippen LogP contribution in [0, 0.1) is 10.1 Å². The van der Waals surface area contributed by atoms with Crippen LogP contribution in [0.3, 0.4) is 0 Å². The highest BCUT2D eigenvalue weighted by molar-refractivity contribution is 5.69. The lowest BCUT2D eigenvalue weighted by Crippen LogP contribution is -2.36. The number of hydrogen-bond donors (Lipinski definition) is 1. The van der Waals surface area contributed by atoms with E-state index in [9.17, 15) is 14.9 Å². The fourth-order valence-corrected chi connectivity index (χ4v) is 2.11. The molecule has 0 aromatic carbocycles. The second-order valence-electron chi connectivity index (χ2n) is 4.10.